The smallest absolute Gasteiger partial charge is 0.0462 e. The lowest BCUT2D eigenvalue weighted by atomic mass is 9.81. The van der Waals surface area contributed by atoms with Gasteiger partial charge in [0.05, 0.1) is 0 Å². The number of hydrogen-bond donors (Lipinski definition) is 0. The van der Waals surface area contributed by atoms with Crippen LogP contribution >= 0.6 is 0 Å². The van der Waals surface area contributed by atoms with Crippen LogP contribution in [0.25, 0.3) is 88.1 Å². The lowest BCUT2D eigenvalue weighted by Gasteiger charge is -2.26. The summed E-state index contributed by atoms with van der Waals surface area (Å²) in [5.41, 5.74) is 15.5. The van der Waals surface area contributed by atoms with Crippen molar-refractivity contribution in [3.05, 3.63) is 284 Å². The van der Waals surface area contributed by atoms with Crippen molar-refractivity contribution in [3.8, 4) is 33.4 Å². The number of benzene rings is 12. The average Bonchev–Trinajstić information content (AvgIpc) is 3.41. The van der Waals surface area contributed by atoms with Crippen molar-refractivity contribution < 1.29 is 0 Å². The lowest BCUT2D eigenvalue weighted by molar-refractivity contribution is 1.28. The summed E-state index contributed by atoms with van der Waals surface area (Å²) < 4.78 is 0. The molecule has 314 valence electrons. The Hall–Kier alpha value is -8.78. The summed E-state index contributed by atoms with van der Waals surface area (Å²) in [4.78, 5) is 2.32. The Kier molecular flexibility index (Phi) is 10.3. The lowest BCUT2D eigenvalue weighted by Crippen LogP contribution is -2.09. The normalized spacial score (nSPS) is 11.3. The van der Waals surface area contributed by atoms with E-state index < -0.39 is 0 Å². The largest absolute Gasteiger partial charge is 0.311 e. The van der Waals surface area contributed by atoms with E-state index >= 15 is 0 Å². The topological polar surface area (TPSA) is 3.24 Å². The van der Waals surface area contributed by atoms with Gasteiger partial charge in [0.2, 0.25) is 0 Å². The molecule has 0 N–H and O–H groups in total. The molecule has 0 aliphatic carbocycles. The number of hydrogen-bond acceptors (Lipinski definition) is 1. The molecule has 0 atom stereocenters. The standard InChI is InChI=1S/C66H45N/c1-5-21-47(22-6-1)62(48-23-7-2-8-24-48)45-46-37-39-49(40-38-46)63-54-29-13-17-33-58(54)65(59-34-18-14-30-55(59)63)66-60-35-19-15-31-56(60)64(57-32-16-20-36-61(57)66)50-41-43-53(44-42-50)67(51-25-9-3-10-26-51)52-27-11-4-12-28-52/h1-45H. The van der Waals surface area contributed by atoms with Crippen LogP contribution in [0.1, 0.15) is 16.7 Å². The number of nitrogens with zero attached hydrogens (tertiary/aromatic N) is 1. The van der Waals surface area contributed by atoms with Gasteiger partial charge >= 0.3 is 0 Å². The molecule has 0 heterocycles. The first-order valence-electron chi connectivity index (χ1n) is 23.1. The van der Waals surface area contributed by atoms with E-state index in [1.807, 2.05) is 0 Å². The minimum absolute atomic E-state index is 1.11. The third-order valence-electron chi connectivity index (χ3n) is 13.2. The molecule has 12 aromatic rings. The van der Waals surface area contributed by atoms with Gasteiger partial charge in [0.25, 0.3) is 0 Å². The molecule has 0 saturated carbocycles. The maximum absolute atomic E-state index is 2.32. The SMILES string of the molecule is C(=C(c1ccccc1)c1ccccc1)c1ccc(-c2c3ccccc3c(-c3c4ccccc4c(-c4ccc(N(c5ccccc5)c5ccccc5)cc4)c4ccccc34)c3ccccc23)cc1. The molecule has 0 saturated heterocycles. The van der Waals surface area contributed by atoms with E-state index in [1.54, 1.807) is 0 Å². The Morgan fingerprint density at radius 2 is 0.507 bits per heavy atom. The second-order valence-corrected chi connectivity index (χ2v) is 17.1. The van der Waals surface area contributed by atoms with Crippen molar-refractivity contribution in [2.45, 2.75) is 0 Å². The van der Waals surface area contributed by atoms with Crippen molar-refractivity contribution >= 4 is 71.8 Å². The van der Waals surface area contributed by atoms with Crippen LogP contribution in [0.15, 0.2) is 267 Å². The minimum Gasteiger partial charge on any atom is -0.311 e. The highest BCUT2D eigenvalue weighted by Crippen LogP contribution is 2.50. The van der Waals surface area contributed by atoms with E-state index in [2.05, 4.69) is 278 Å². The third-order valence-corrected chi connectivity index (χ3v) is 13.2. The molecular formula is C66H45N. The zero-order chi connectivity index (χ0) is 44.5. The Balaban J connectivity index is 1.03. The zero-order valence-electron chi connectivity index (χ0n) is 36.9. The summed E-state index contributed by atoms with van der Waals surface area (Å²) in [5.74, 6) is 0. The molecule has 12 rings (SSSR count). The molecule has 0 aliphatic heterocycles. The van der Waals surface area contributed by atoms with E-state index in [1.165, 1.54) is 93.2 Å². The van der Waals surface area contributed by atoms with Crippen LogP contribution in [0, 0.1) is 0 Å². The predicted molar refractivity (Wildman–Crippen MR) is 287 cm³/mol. The molecule has 0 aromatic heterocycles. The molecule has 0 radical (unpaired) electrons. The Bertz CT molecular complexity index is 3550. The van der Waals surface area contributed by atoms with Gasteiger partial charge in [0.15, 0.2) is 0 Å². The Morgan fingerprint density at radius 1 is 0.239 bits per heavy atom. The first-order valence-corrected chi connectivity index (χ1v) is 23.1. The Morgan fingerprint density at radius 3 is 0.851 bits per heavy atom. The van der Waals surface area contributed by atoms with Gasteiger partial charge in [-0.3, -0.25) is 0 Å². The van der Waals surface area contributed by atoms with Crippen LogP contribution in [0.4, 0.5) is 17.1 Å². The highest BCUT2D eigenvalue weighted by Gasteiger charge is 2.23. The fraction of sp³-hybridized carbons (Fsp3) is 0. The van der Waals surface area contributed by atoms with Crippen LogP contribution in [-0.2, 0) is 0 Å². The van der Waals surface area contributed by atoms with E-state index in [0.29, 0.717) is 0 Å². The summed E-state index contributed by atoms with van der Waals surface area (Å²) in [7, 11) is 0. The second kappa shape index (κ2) is 17.3. The average molecular weight is 852 g/mol. The maximum Gasteiger partial charge on any atom is 0.0462 e. The first kappa shape index (κ1) is 39.8. The number of fused-ring (bicyclic) bond motifs is 4. The van der Waals surface area contributed by atoms with E-state index in [9.17, 15) is 0 Å². The summed E-state index contributed by atoms with van der Waals surface area (Å²) >= 11 is 0. The first-order chi connectivity index (χ1) is 33.3. The molecular weight excluding hydrogens is 807 g/mol. The van der Waals surface area contributed by atoms with Crippen molar-refractivity contribution in [3.63, 3.8) is 0 Å². The highest BCUT2D eigenvalue weighted by atomic mass is 15.1. The van der Waals surface area contributed by atoms with Crippen molar-refractivity contribution in [1.82, 2.24) is 0 Å². The molecule has 0 bridgehead atoms. The molecule has 1 heteroatoms. The van der Waals surface area contributed by atoms with Gasteiger partial charge in [0, 0.05) is 17.1 Å². The van der Waals surface area contributed by atoms with Crippen molar-refractivity contribution in [2.75, 3.05) is 4.90 Å². The number of rotatable bonds is 9. The zero-order valence-corrected chi connectivity index (χ0v) is 36.9. The fourth-order valence-electron chi connectivity index (χ4n) is 10.3. The molecule has 0 aliphatic rings. The van der Waals surface area contributed by atoms with Crippen LogP contribution in [0.3, 0.4) is 0 Å². The molecule has 1 nitrogen and oxygen atoms in total. The second-order valence-electron chi connectivity index (χ2n) is 17.1. The summed E-state index contributed by atoms with van der Waals surface area (Å²) in [5, 5.41) is 9.90. The van der Waals surface area contributed by atoms with Crippen LogP contribution in [-0.4, -0.2) is 0 Å². The van der Waals surface area contributed by atoms with Gasteiger partial charge in [-0.1, -0.05) is 231 Å². The minimum atomic E-state index is 1.11. The maximum atomic E-state index is 2.32. The monoisotopic (exact) mass is 851 g/mol. The van der Waals surface area contributed by atoms with Crippen molar-refractivity contribution in [2.24, 2.45) is 0 Å². The quantitative estimate of drug-likeness (QED) is 0.103. The summed E-state index contributed by atoms with van der Waals surface area (Å²) in [6.07, 6.45) is 2.31. The van der Waals surface area contributed by atoms with Crippen LogP contribution in [0.5, 0.6) is 0 Å². The van der Waals surface area contributed by atoms with Crippen LogP contribution in [0.2, 0.25) is 0 Å². The molecule has 0 unspecified atom stereocenters. The molecule has 0 fully saturated rings. The number of para-hydroxylation sites is 2. The molecule has 0 spiro atoms. The van der Waals surface area contributed by atoms with Gasteiger partial charge in [-0.15, -0.1) is 0 Å². The highest BCUT2D eigenvalue weighted by molar-refractivity contribution is 6.30. The Labute approximate surface area is 391 Å². The fourth-order valence-corrected chi connectivity index (χ4v) is 10.3. The van der Waals surface area contributed by atoms with Gasteiger partial charge < -0.3 is 4.90 Å². The van der Waals surface area contributed by atoms with Gasteiger partial charge in [-0.25, -0.2) is 0 Å². The summed E-state index contributed by atoms with van der Waals surface area (Å²) in [6.45, 7) is 0. The molecule has 0 amide bonds. The van der Waals surface area contributed by atoms with E-state index in [-0.39, 0.29) is 0 Å². The van der Waals surface area contributed by atoms with Gasteiger partial charge in [0.1, 0.15) is 0 Å². The third kappa shape index (κ3) is 7.24. The van der Waals surface area contributed by atoms with E-state index in [0.717, 1.165) is 22.6 Å². The van der Waals surface area contributed by atoms with E-state index in [4.69, 9.17) is 0 Å². The summed E-state index contributed by atoms with van der Waals surface area (Å²) in [6, 6.07) is 96.9. The molecule has 12 aromatic carbocycles. The predicted octanol–water partition coefficient (Wildman–Crippen LogP) is 18.4. The van der Waals surface area contributed by atoms with Gasteiger partial charge in [-0.05, 0) is 141 Å². The number of anilines is 3. The van der Waals surface area contributed by atoms with Crippen LogP contribution < -0.4 is 4.90 Å². The van der Waals surface area contributed by atoms with Crippen molar-refractivity contribution in [1.29, 1.82) is 0 Å². The molecule has 67 heavy (non-hydrogen) atoms. The van der Waals surface area contributed by atoms with Gasteiger partial charge in [-0.2, -0.15) is 0 Å².